The van der Waals surface area contributed by atoms with Crippen molar-refractivity contribution < 1.29 is 9.53 Å². The van der Waals surface area contributed by atoms with Gasteiger partial charge >= 0.3 is 0 Å². The number of hydrogen-bond donors (Lipinski definition) is 1. The molecular weight excluding hydrogens is 408 g/mol. The Morgan fingerprint density at radius 3 is 2.68 bits per heavy atom. The number of amides is 1. The summed E-state index contributed by atoms with van der Waals surface area (Å²) >= 11 is 1.48. The van der Waals surface area contributed by atoms with Crippen molar-refractivity contribution in [2.75, 3.05) is 11.9 Å². The Morgan fingerprint density at radius 1 is 1.13 bits per heavy atom. The predicted octanol–water partition coefficient (Wildman–Crippen LogP) is 5.19. The summed E-state index contributed by atoms with van der Waals surface area (Å²) in [5.74, 6) is 1.36. The van der Waals surface area contributed by atoms with Crippen LogP contribution in [0.2, 0.25) is 0 Å². The molecule has 0 aliphatic carbocycles. The van der Waals surface area contributed by atoms with E-state index in [9.17, 15) is 4.79 Å². The van der Waals surface area contributed by atoms with Crippen LogP contribution >= 0.6 is 11.3 Å². The van der Waals surface area contributed by atoms with Crippen LogP contribution in [0, 0.1) is 13.8 Å². The van der Waals surface area contributed by atoms with E-state index in [4.69, 9.17) is 9.72 Å². The SMILES string of the molecule is CCOc1ccc(-c2csc(-n3nc(C)cc3NC(=O)Cc3cccc(C)c3)n2)cc1. The van der Waals surface area contributed by atoms with E-state index in [0.29, 0.717) is 24.0 Å². The van der Waals surface area contributed by atoms with Crippen molar-refractivity contribution in [3.8, 4) is 22.1 Å². The Morgan fingerprint density at radius 2 is 1.94 bits per heavy atom. The van der Waals surface area contributed by atoms with Gasteiger partial charge in [0, 0.05) is 17.0 Å². The van der Waals surface area contributed by atoms with Gasteiger partial charge in [0.25, 0.3) is 0 Å². The summed E-state index contributed by atoms with van der Waals surface area (Å²) in [7, 11) is 0. The molecule has 2 aromatic heterocycles. The lowest BCUT2D eigenvalue weighted by Crippen LogP contribution is -2.17. The molecule has 31 heavy (non-hydrogen) atoms. The lowest BCUT2D eigenvalue weighted by molar-refractivity contribution is -0.115. The Bertz CT molecular complexity index is 1190. The van der Waals surface area contributed by atoms with Crippen LogP contribution in [0.25, 0.3) is 16.4 Å². The van der Waals surface area contributed by atoms with Crippen LogP contribution in [0.3, 0.4) is 0 Å². The van der Waals surface area contributed by atoms with Crippen molar-refractivity contribution in [1.82, 2.24) is 14.8 Å². The number of ether oxygens (including phenoxy) is 1. The van der Waals surface area contributed by atoms with Crippen LogP contribution in [0.1, 0.15) is 23.7 Å². The maximum atomic E-state index is 12.6. The highest BCUT2D eigenvalue weighted by atomic mass is 32.1. The molecule has 0 spiro atoms. The second-order valence-corrected chi connectivity index (χ2v) is 8.11. The first-order valence-corrected chi connectivity index (χ1v) is 11.0. The maximum Gasteiger partial charge on any atom is 0.229 e. The van der Waals surface area contributed by atoms with E-state index in [0.717, 1.165) is 33.8 Å². The molecular formula is C24H24N4O2S. The molecule has 0 aliphatic heterocycles. The number of nitrogens with one attached hydrogen (secondary N) is 1. The van der Waals surface area contributed by atoms with Crippen LogP contribution < -0.4 is 10.1 Å². The summed E-state index contributed by atoms with van der Waals surface area (Å²) in [6.07, 6.45) is 0.307. The summed E-state index contributed by atoms with van der Waals surface area (Å²) in [5, 5.41) is 10.2. The summed E-state index contributed by atoms with van der Waals surface area (Å²) in [6, 6.07) is 17.7. The molecule has 0 fully saturated rings. The zero-order valence-corrected chi connectivity index (χ0v) is 18.6. The molecule has 4 aromatic rings. The van der Waals surface area contributed by atoms with Gasteiger partial charge in [-0.05, 0) is 50.6 Å². The molecule has 1 N–H and O–H groups in total. The summed E-state index contributed by atoms with van der Waals surface area (Å²) in [6.45, 7) is 6.51. The summed E-state index contributed by atoms with van der Waals surface area (Å²) in [4.78, 5) is 17.3. The molecule has 0 bridgehead atoms. The molecule has 0 atom stereocenters. The van der Waals surface area contributed by atoms with Gasteiger partial charge in [0.2, 0.25) is 11.0 Å². The highest BCUT2D eigenvalue weighted by Gasteiger charge is 2.15. The molecule has 0 unspecified atom stereocenters. The Balaban J connectivity index is 1.52. The van der Waals surface area contributed by atoms with Crippen LogP contribution in [0.4, 0.5) is 5.82 Å². The number of thiazole rings is 1. The van der Waals surface area contributed by atoms with E-state index >= 15 is 0 Å². The molecule has 4 rings (SSSR count). The number of carbonyl (C=O) groups excluding carboxylic acids is 1. The molecule has 0 saturated heterocycles. The molecule has 6 nitrogen and oxygen atoms in total. The number of aryl methyl sites for hydroxylation is 2. The van der Waals surface area contributed by atoms with Gasteiger partial charge in [-0.2, -0.15) is 9.78 Å². The topological polar surface area (TPSA) is 69.0 Å². The van der Waals surface area contributed by atoms with Gasteiger partial charge < -0.3 is 10.1 Å². The van der Waals surface area contributed by atoms with Gasteiger partial charge in [0.05, 0.1) is 24.4 Å². The number of rotatable bonds is 7. The third-order valence-corrected chi connectivity index (χ3v) is 5.50. The quantitative estimate of drug-likeness (QED) is 0.436. The zero-order valence-electron chi connectivity index (χ0n) is 17.8. The van der Waals surface area contributed by atoms with Gasteiger partial charge in [-0.25, -0.2) is 4.98 Å². The van der Waals surface area contributed by atoms with Gasteiger partial charge in [-0.15, -0.1) is 11.3 Å². The van der Waals surface area contributed by atoms with Crippen molar-refractivity contribution >= 4 is 23.1 Å². The third kappa shape index (κ3) is 5.00. The Kier molecular flexibility index (Phi) is 6.13. The molecule has 2 heterocycles. The van der Waals surface area contributed by atoms with E-state index < -0.39 is 0 Å². The predicted molar refractivity (Wildman–Crippen MR) is 124 cm³/mol. The number of benzene rings is 2. The fourth-order valence-corrected chi connectivity index (χ4v) is 4.11. The fraction of sp³-hybridized carbons (Fsp3) is 0.208. The minimum atomic E-state index is -0.0879. The molecule has 0 aliphatic rings. The largest absolute Gasteiger partial charge is 0.494 e. The van der Waals surface area contributed by atoms with Crippen molar-refractivity contribution in [1.29, 1.82) is 0 Å². The van der Waals surface area contributed by atoms with Gasteiger partial charge in [-0.3, -0.25) is 4.79 Å². The normalized spacial score (nSPS) is 10.8. The molecule has 0 saturated carbocycles. The smallest absolute Gasteiger partial charge is 0.229 e. The number of nitrogens with zero attached hydrogens (tertiary/aromatic N) is 3. The van der Waals surface area contributed by atoms with Crippen molar-refractivity contribution in [2.45, 2.75) is 27.2 Å². The van der Waals surface area contributed by atoms with Crippen LogP contribution in [-0.4, -0.2) is 27.3 Å². The molecule has 0 radical (unpaired) electrons. The van der Waals surface area contributed by atoms with E-state index in [2.05, 4.69) is 10.4 Å². The average molecular weight is 433 g/mol. The first-order valence-electron chi connectivity index (χ1n) is 10.1. The third-order valence-electron chi connectivity index (χ3n) is 4.68. The number of anilines is 1. The van der Waals surface area contributed by atoms with E-state index in [-0.39, 0.29) is 5.91 Å². The zero-order chi connectivity index (χ0) is 21.8. The first-order chi connectivity index (χ1) is 15.0. The highest BCUT2D eigenvalue weighted by molar-refractivity contribution is 7.12. The molecule has 2 aromatic carbocycles. The minimum absolute atomic E-state index is 0.0879. The number of carbonyl (C=O) groups is 1. The lowest BCUT2D eigenvalue weighted by Gasteiger charge is -2.07. The second-order valence-electron chi connectivity index (χ2n) is 7.27. The van der Waals surface area contributed by atoms with Crippen molar-refractivity contribution in [3.05, 3.63) is 76.8 Å². The van der Waals surface area contributed by atoms with E-state index in [1.54, 1.807) is 4.68 Å². The van der Waals surface area contributed by atoms with E-state index in [1.807, 2.05) is 80.7 Å². The second kappa shape index (κ2) is 9.14. The van der Waals surface area contributed by atoms with Crippen LogP contribution in [-0.2, 0) is 11.2 Å². The minimum Gasteiger partial charge on any atom is -0.494 e. The van der Waals surface area contributed by atoms with Crippen LogP contribution in [0.15, 0.2) is 60.0 Å². The highest BCUT2D eigenvalue weighted by Crippen LogP contribution is 2.27. The maximum absolute atomic E-state index is 12.6. The molecule has 7 heteroatoms. The summed E-state index contributed by atoms with van der Waals surface area (Å²) in [5.41, 5.74) is 4.78. The summed E-state index contributed by atoms with van der Waals surface area (Å²) < 4.78 is 7.19. The van der Waals surface area contributed by atoms with E-state index in [1.165, 1.54) is 11.3 Å². The average Bonchev–Trinajstić information content (AvgIpc) is 3.35. The van der Waals surface area contributed by atoms with Crippen LogP contribution in [0.5, 0.6) is 5.75 Å². The van der Waals surface area contributed by atoms with Crippen molar-refractivity contribution in [2.24, 2.45) is 0 Å². The standard InChI is InChI=1S/C24H24N4O2S/c1-4-30-20-10-8-19(9-11-20)21-15-31-24(25-21)28-22(13-17(3)27-28)26-23(29)14-18-7-5-6-16(2)12-18/h5-13,15H,4,14H2,1-3H3,(H,26,29). The molecule has 158 valence electrons. The Labute approximate surface area is 185 Å². The van der Waals surface area contributed by atoms with Gasteiger partial charge in [-0.1, -0.05) is 29.8 Å². The number of hydrogen-bond acceptors (Lipinski definition) is 5. The number of aromatic nitrogens is 3. The van der Waals surface area contributed by atoms with Gasteiger partial charge in [0.15, 0.2) is 0 Å². The lowest BCUT2D eigenvalue weighted by atomic mass is 10.1. The van der Waals surface area contributed by atoms with Gasteiger partial charge in [0.1, 0.15) is 11.6 Å². The fourth-order valence-electron chi connectivity index (χ4n) is 3.31. The molecule has 1 amide bonds. The monoisotopic (exact) mass is 432 g/mol. The Hall–Kier alpha value is -3.45. The van der Waals surface area contributed by atoms with Crippen molar-refractivity contribution in [3.63, 3.8) is 0 Å². The first kappa shape index (κ1) is 20.8.